The number of hydrogen-bond acceptors (Lipinski definition) is 6. The second kappa shape index (κ2) is 7.61. The molecule has 0 fully saturated rings. The predicted molar refractivity (Wildman–Crippen MR) is 83.1 cm³/mol. The highest BCUT2D eigenvalue weighted by atomic mass is 35.5. The molecule has 0 bridgehead atoms. The van der Waals surface area contributed by atoms with Crippen LogP contribution >= 0.6 is 23.2 Å². The second-order valence-corrected chi connectivity index (χ2v) is 4.93. The maximum atomic E-state index is 11.6. The van der Waals surface area contributed by atoms with Crippen LogP contribution in [0.5, 0.6) is 5.75 Å². The number of amides is 1. The molecule has 2 rings (SSSR count). The average molecular weight is 358 g/mol. The number of nitrogens with zero attached hydrogens (tertiary/aromatic N) is 2. The summed E-state index contributed by atoms with van der Waals surface area (Å²) in [6, 6.07) is 7.12. The Morgan fingerprint density at radius 1 is 1.39 bits per heavy atom. The third-order valence-corrected chi connectivity index (χ3v) is 2.97. The number of hydrogen-bond donors (Lipinski definition) is 1. The molecule has 0 atom stereocenters. The third kappa shape index (κ3) is 4.97. The minimum absolute atomic E-state index is 0.121. The summed E-state index contributed by atoms with van der Waals surface area (Å²) in [4.78, 5) is 21.3. The number of rotatable bonds is 6. The lowest BCUT2D eigenvalue weighted by Crippen LogP contribution is -2.24. The van der Waals surface area contributed by atoms with Crippen LogP contribution in [0.3, 0.4) is 0 Å². The van der Waals surface area contributed by atoms with E-state index in [0.717, 1.165) is 6.21 Å². The number of ether oxygens (including phenoxy) is 1. The van der Waals surface area contributed by atoms with Crippen molar-refractivity contribution in [1.29, 1.82) is 0 Å². The lowest BCUT2D eigenvalue weighted by molar-refractivity contribution is -0.402. The number of furan rings is 1. The maximum Gasteiger partial charge on any atom is 0.433 e. The fourth-order valence-electron chi connectivity index (χ4n) is 1.44. The molecule has 1 amide bonds. The molecule has 1 heterocycles. The van der Waals surface area contributed by atoms with Crippen molar-refractivity contribution in [2.24, 2.45) is 5.10 Å². The van der Waals surface area contributed by atoms with E-state index in [4.69, 9.17) is 32.4 Å². The highest BCUT2D eigenvalue weighted by Crippen LogP contribution is 2.27. The molecule has 0 aliphatic carbocycles. The maximum absolute atomic E-state index is 11.6. The van der Waals surface area contributed by atoms with E-state index in [1.165, 1.54) is 18.2 Å². The van der Waals surface area contributed by atoms with Gasteiger partial charge in [-0.15, -0.1) is 0 Å². The van der Waals surface area contributed by atoms with E-state index in [9.17, 15) is 14.9 Å². The van der Waals surface area contributed by atoms with Crippen LogP contribution in [0.25, 0.3) is 0 Å². The van der Waals surface area contributed by atoms with Crippen molar-refractivity contribution < 1.29 is 18.9 Å². The molecule has 0 unspecified atom stereocenters. The van der Waals surface area contributed by atoms with Crippen LogP contribution in [0.2, 0.25) is 10.0 Å². The topological polar surface area (TPSA) is 107 Å². The Morgan fingerprint density at radius 3 is 2.87 bits per heavy atom. The van der Waals surface area contributed by atoms with Gasteiger partial charge in [0.15, 0.2) is 12.4 Å². The van der Waals surface area contributed by atoms with Gasteiger partial charge in [-0.3, -0.25) is 14.9 Å². The molecule has 1 aromatic heterocycles. The largest absolute Gasteiger partial charge is 0.482 e. The molecule has 0 saturated heterocycles. The lowest BCUT2D eigenvalue weighted by Gasteiger charge is -2.07. The van der Waals surface area contributed by atoms with Gasteiger partial charge in [-0.25, -0.2) is 5.43 Å². The lowest BCUT2D eigenvalue weighted by atomic mass is 10.3. The van der Waals surface area contributed by atoms with Crippen molar-refractivity contribution >= 4 is 41.2 Å². The molecule has 23 heavy (non-hydrogen) atoms. The third-order valence-electron chi connectivity index (χ3n) is 2.43. The van der Waals surface area contributed by atoms with Crippen LogP contribution in [0.1, 0.15) is 5.76 Å². The van der Waals surface area contributed by atoms with Crippen molar-refractivity contribution in [2.45, 2.75) is 0 Å². The SMILES string of the molecule is O=C(COc1cc(Cl)ccc1Cl)NN=Cc1ccc([N+](=O)[O-])o1. The molecule has 10 heteroatoms. The molecule has 0 spiro atoms. The summed E-state index contributed by atoms with van der Waals surface area (Å²) >= 11 is 11.7. The Morgan fingerprint density at radius 2 is 2.17 bits per heavy atom. The summed E-state index contributed by atoms with van der Waals surface area (Å²) in [6.07, 6.45) is 1.12. The number of carbonyl (C=O) groups excluding carboxylic acids is 1. The van der Waals surface area contributed by atoms with E-state index < -0.39 is 16.7 Å². The molecule has 1 aromatic carbocycles. The summed E-state index contributed by atoms with van der Waals surface area (Å²) in [5.74, 6) is -0.592. The highest BCUT2D eigenvalue weighted by molar-refractivity contribution is 6.34. The molecule has 0 aliphatic rings. The molecule has 0 saturated carbocycles. The van der Waals surface area contributed by atoms with Gasteiger partial charge in [0.2, 0.25) is 0 Å². The van der Waals surface area contributed by atoms with E-state index >= 15 is 0 Å². The fourth-order valence-corrected chi connectivity index (χ4v) is 1.78. The van der Waals surface area contributed by atoms with Gasteiger partial charge in [-0.1, -0.05) is 23.2 Å². The number of hydrazone groups is 1. The first kappa shape index (κ1) is 16.8. The van der Waals surface area contributed by atoms with E-state index in [0.29, 0.717) is 10.0 Å². The smallest absolute Gasteiger partial charge is 0.433 e. The van der Waals surface area contributed by atoms with E-state index in [2.05, 4.69) is 10.5 Å². The van der Waals surface area contributed by atoms with Gasteiger partial charge in [-0.05, 0) is 18.2 Å². The van der Waals surface area contributed by atoms with Crippen molar-refractivity contribution in [3.8, 4) is 5.75 Å². The Labute approximate surface area is 139 Å². The van der Waals surface area contributed by atoms with Gasteiger partial charge in [0.1, 0.15) is 10.7 Å². The standard InChI is InChI=1S/C13H9Cl2N3O5/c14-8-1-3-10(15)11(5-8)22-7-12(19)17-16-6-9-2-4-13(23-9)18(20)21/h1-6H,7H2,(H,17,19). The Bertz CT molecular complexity index is 760. The number of benzene rings is 1. The van der Waals surface area contributed by atoms with Crippen LogP contribution < -0.4 is 10.2 Å². The number of carbonyl (C=O) groups is 1. The molecule has 120 valence electrons. The Kier molecular flexibility index (Phi) is 5.56. The monoisotopic (exact) mass is 357 g/mol. The first-order valence-electron chi connectivity index (χ1n) is 6.09. The fraction of sp³-hybridized carbons (Fsp3) is 0.0769. The normalized spacial score (nSPS) is 10.7. The van der Waals surface area contributed by atoms with Crippen molar-refractivity contribution in [1.82, 2.24) is 5.43 Å². The first-order chi connectivity index (χ1) is 11.0. The number of nitrogens with one attached hydrogen (secondary N) is 1. The molecular formula is C13H9Cl2N3O5. The van der Waals surface area contributed by atoms with Crippen LogP contribution in [-0.2, 0) is 4.79 Å². The van der Waals surface area contributed by atoms with E-state index in [1.807, 2.05) is 0 Å². The predicted octanol–water partition coefficient (Wildman–Crippen LogP) is 3.02. The van der Waals surface area contributed by atoms with Gasteiger partial charge in [-0.2, -0.15) is 5.10 Å². The van der Waals surface area contributed by atoms with Crippen LogP contribution in [0.15, 0.2) is 39.9 Å². The summed E-state index contributed by atoms with van der Waals surface area (Å²) in [6.45, 7) is -0.338. The zero-order valence-corrected chi connectivity index (χ0v) is 12.9. The van der Waals surface area contributed by atoms with Gasteiger partial charge in [0.05, 0.1) is 17.3 Å². The number of nitro groups is 1. The first-order valence-corrected chi connectivity index (χ1v) is 6.85. The summed E-state index contributed by atoms with van der Waals surface area (Å²) < 4.78 is 10.0. The molecule has 8 nitrogen and oxygen atoms in total. The zero-order chi connectivity index (χ0) is 16.8. The van der Waals surface area contributed by atoms with Crippen molar-refractivity contribution in [3.63, 3.8) is 0 Å². The van der Waals surface area contributed by atoms with Gasteiger partial charge < -0.3 is 9.15 Å². The Balaban J connectivity index is 1.83. The minimum atomic E-state index is -0.682. The molecule has 1 N–H and O–H groups in total. The Hall–Kier alpha value is -2.58. The molecule has 2 aromatic rings. The van der Waals surface area contributed by atoms with E-state index in [-0.39, 0.29) is 18.1 Å². The van der Waals surface area contributed by atoms with Gasteiger partial charge in [0.25, 0.3) is 5.91 Å². The van der Waals surface area contributed by atoms with Gasteiger partial charge >= 0.3 is 5.88 Å². The summed E-state index contributed by atoms with van der Waals surface area (Å²) in [7, 11) is 0. The molecular weight excluding hydrogens is 349 g/mol. The molecule has 0 radical (unpaired) electrons. The second-order valence-electron chi connectivity index (χ2n) is 4.09. The van der Waals surface area contributed by atoms with Crippen LogP contribution in [0, 0.1) is 10.1 Å². The van der Waals surface area contributed by atoms with Crippen molar-refractivity contribution in [2.75, 3.05) is 6.61 Å². The van der Waals surface area contributed by atoms with Gasteiger partial charge in [0, 0.05) is 11.1 Å². The van der Waals surface area contributed by atoms with E-state index in [1.54, 1.807) is 12.1 Å². The summed E-state index contributed by atoms with van der Waals surface area (Å²) in [5, 5.41) is 14.7. The molecule has 0 aliphatic heterocycles. The number of halogens is 2. The summed E-state index contributed by atoms with van der Waals surface area (Å²) in [5.41, 5.74) is 2.17. The van der Waals surface area contributed by atoms with Crippen LogP contribution in [-0.4, -0.2) is 23.7 Å². The van der Waals surface area contributed by atoms with Crippen molar-refractivity contribution in [3.05, 3.63) is 56.3 Å². The zero-order valence-electron chi connectivity index (χ0n) is 11.4. The average Bonchev–Trinajstić information content (AvgIpc) is 2.97. The van der Waals surface area contributed by atoms with Crippen LogP contribution in [0.4, 0.5) is 5.88 Å². The highest BCUT2D eigenvalue weighted by Gasteiger charge is 2.10. The minimum Gasteiger partial charge on any atom is -0.482 e. The quantitative estimate of drug-likeness (QED) is 0.485.